The van der Waals surface area contributed by atoms with Gasteiger partial charge in [0, 0.05) is 63.0 Å². The van der Waals surface area contributed by atoms with E-state index in [2.05, 4.69) is 17.0 Å². The molecule has 1 aliphatic rings. The number of amides is 1. The lowest BCUT2D eigenvalue weighted by Crippen LogP contribution is -2.44. The number of aromatic nitrogens is 2. The van der Waals surface area contributed by atoms with Gasteiger partial charge in [0.1, 0.15) is 17.4 Å². The van der Waals surface area contributed by atoms with Crippen molar-refractivity contribution in [2.75, 3.05) is 26.7 Å². The quantitative estimate of drug-likeness (QED) is 0.275. The normalized spacial score (nSPS) is 15.3. The zero-order valence-corrected chi connectivity index (χ0v) is 22.4. The molecule has 1 aromatic rings. The van der Waals surface area contributed by atoms with Crippen molar-refractivity contribution < 1.29 is 14.3 Å². The number of likely N-dealkylation sites (tertiary alicyclic amines) is 1. The minimum Gasteiger partial charge on any atom is -0.474 e. The second-order valence-electron chi connectivity index (χ2n) is 9.77. The Morgan fingerprint density at radius 1 is 1.34 bits per heavy atom. The van der Waals surface area contributed by atoms with Crippen LogP contribution in [0.1, 0.15) is 65.1 Å². The van der Waals surface area contributed by atoms with Crippen molar-refractivity contribution >= 4 is 17.6 Å². The molecular formula is C25H43N7O3. The van der Waals surface area contributed by atoms with E-state index in [0.717, 1.165) is 24.2 Å². The van der Waals surface area contributed by atoms with Crippen LogP contribution in [0.15, 0.2) is 24.4 Å². The van der Waals surface area contributed by atoms with Crippen molar-refractivity contribution in [1.29, 1.82) is 5.41 Å². The van der Waals surface area contributed by atoms with E-state index in [1.165, 1.54) is 0 Å². The highest BCUT2D eigenvalue weighted by Crippen LogP contribution is 2.23. The first-order chi connectivity index (χ1) is 16.4. The Balaban J connectivity index is 2.10. The molecule has 0 saturated carbocycles. The Kier molecular flexibility index (Phi) is 9.62. The lowest BCUT2D eigenvalue weighted by atomic mass is 10.1. The number of ether oxygens (including phenoxy) is 2. The first-order valence-electron chi connectivity index (χ1n) is 12.3. The van der Waals surface area contributed by atoms with E-state index < -0.39 is 5.60 Å². The minimum absolute atomic E-state index is 0.0865. The second kappa shape index (κ2) is 12.0. The summed E-state index contributed by atoms with van der Waals surface area (Å²) >= 11 is 0. The highest BCUT2D eigenvalue weighted by molar-refractivity contribution is 6.00. The standard InChI is InChI=1S/C25H43N7O3/c1-9-13-28-23(34-19-11-14-31(15-12-19)24(33)35-25(5,6)7)21(26)22(27)30(8)17(3)20-16-29-32(10-2)18(20)4/h16,19,27-28H,3,9-15,26H2,1-2,4-8H3. The number of nitrogens with one attached hydrogen (secondary N) is 2. The molecule has 1 amide bonds. The van der Waals surface area contributed by atoms with Crippen LogP contribution in [0.4, 0.5) is 4.79 Å². The summed E-state index contributed by atoms with van der Waals surface area (Å²) in [7, 11) is 1.76. The van der Waals surface area contributed by atoms with Crippen LogP contribution >= 0.6 is 0 Å². The highest BCUT2D eigenvalue weighted by Gasteiger charge is 2.29. The van der Waals surface area contributed by atoms with Crippen LogP contribution in [0.5, 0.6) is 0 Å². The molecule has 1 fully saturated rings. The van der Waals surface area contributed by atoms with Gasteiger partial charge in [0.05, 0.1) is 6.20 Å². The van der Waals surface area contributed by atoms with Crippen LogP contribution in [-0.4, -0.2) is 69.9 Å². The molecule has 0 spiro atoms. The SMILES string of the molecule is C=C(c1cnn(CC)c1C)N(C)C(=N)C(N)=C(NCCC)OC1CCN(C(=O)OC(C)(C)C)CC1. The summed E-state index contributed by atoms with van der Waals surface area (Å²) in [5, 5.41) is 16.3. The van der Waals surface area contributed by atoms with Gasteiger partial charge in [-0.15, -0.1) is 0 Å². The fourth-order valence-electron chi connectivity index (χ4n) is 3.74. The molecule has 0 bridgehead atoms. The fraction of sp³-hybridized carbons (Fsp3) is 0.640. The van der Waals surface area contributed by atoms with Crippen LogP contribution in [-0.2, 0) is 16.0 Å². The average molecular weight is 490 g/mol. The van der Waals surface area contributed by atoms with Crippen LogP contribution in [0.2, 0.25) is 0 Å². The number of carbonyl (C=O) groups is 1. The van der Waals surface area contributed by atoms with Gasteiger partial charge < -0.3 is 30.3 Å². The Hall–Kier alpha value is -3.17. The van der Waals surface area contributed by atoms with Crippen molar-refractivity contribution in [1.82, 2.24) is 24.9 Å². The average Bonchev–Trinajstić information content (AvgIpc) is 3.19. The number of nitrogens with zero attached hydrogens (tertiary/aromatic N) is 4. The molecule has 0 aromatic carbocycles. The number of likely N-dealkylation sites (N-methyl/N-ethyl adjacent to an activating group) is 1. The number of nitrogens with two attached hydrogens (primary N) is 1. The number of amidine groups is 1. The molecular weight excluding hydrogens is 446 g/mol. The van der Waals surface area contributed by atoms with E-state index in [1.807, 2.05) is 46.2 Å². The summed E-state index contributed by atoms with van der Waals surface area (Å²) in [4.78, 5) is 15.7. The Bertz CT molecular complexity index is 937. The summed E-state index contributed by atoms with van der Waals surface area (Å²) < 4.78 is 13.6. The number of rotatable bonds is 9. The maximum Gasteiger partial charge on any atom is 0.410 e. The largest absolute Gasteiger partial charge is 0.474 e. The van der Waals surface area contributed by atoms with Crippen molar-refractivity contribution in [2.24, 2.45) is 5.73 Å². The van der Waals surface area contributed by atoms with Gasteiger partial charge in [0.15, 0.2) is 5.84 Å². The topological polar surface area (TPSA) is 122 Å². The molecule has 35 heavy (non-hydrogen) atoms. The molecule has 0 atom stereocenters. The number of hydrogen-bond acceptors (Lipinski definition) is 7. The van der Waals surface area contributed by atoms with E-state index in [9.17, 15) is 4.79 Å². The van der Waals surface area contributed by atoms with E-state index in [4.69, 9.17) is 20.6 Å². The Labute approximate surface area is 209 Å². The lowest BCUT2D eigenvalue weighted by molar-refractivity contribution is 0.00196. The van der Waals surface area contributed by atoms with E-state index >= 15 is 0 Å². The molecule has 0 aliphatic carbocycles. The predicted octanol–water partition coefficient (Wildman–Crippen LogP) is 3.63. The maximum absolute atomic E-state index is 12.4. The van der Waals surface area contributed by atoms with E-state index in [-0.39, 0.29) is 23.7 Å². The zero-order valence-electron chi connectivity index (χ0n) is 22.4. The number of piperidine rings is 1. The van der Waals surface area contributed by atoms with E-state index in [0.29, 0.717) is 44.1 Å². The van der Waals surface area contributed by atoms with Gasteiger partial charge in [-0.05, 0) is 41.0 Å². The molecule has 1 aromatic heterocycles. The van der Waals surface area contributed by atoms with Gasteiger partial charge in [-0.3, -0.25) is 10.1 Å². The van der Waals surface area contributed by atoms with Gasteiger partial charge in [-0.25, -0.2) is 4.79 Å². The first-order valence-corrected chi connectivity index (χ1v) is 12.3. The third-order valence-electron chi connectivity index (χ3n) is 5.87. The predicted molar refractivity (Wildman–Crippen MR) is 139 cm³/mol. The number of aryl methyl sites for hydroxylation is 1. The molecule has 4 N–H and O–H groups in total. The smallest absolute Gasteiger partial charge is 0.410 e. The van der Waals surface area contributed by atoms with E-state index in [1.54, 1.807) is 23.0 Å². The number of hydrogen-bond donors (Lipinski definition) is 3. The third kappa shape index (κ3) is 7.40. The van der Waals surface area contributed by atoms with Crippen LogP contribution in [0.25, 0.3) is 5.70 Å². The summed E-state index contributed by atoms with van der Waals surface area (Å²) in [5.74, 6) is 0.469. The molecule has 0 radical (unpaired) electrons. The Morgan fingerprint density at radius 3 is 2.49 bits per heavy atom. The van der Waals surface area contributed by atoms with Crippen LogP contribution in [0, 0.1) is 12.3 Å². The Morgan fingerprint density at radius 2 is 1.97 bits per heavy atom. The molecule has 1 saturated heterocycles. The van der Waals surface area contributed by atoms with Gasteiger partial charge in [0.25, 0.3) is 0 Å². The van der Waals surface area contributed by atoms with Crippen LogP contribution < -0.4 is 11.1 Å². The van der Waals surface area contributed by atoms with Crippen molar-refractivity contribution in [2.45, 2.75) is 79.1 Å². The minimum atomic E-state index is -0.525. The van der Waals surface area contributed by atoms with Crippen molar-refractivity contribution in [3.8, 4) is 0 Å². The summed E-state index contributed by atoms with van der Waals surface area (Å²) in [6.07, 6.45) is 3.50. The highest BCUT2D eigenvalue weighted by atomic mass is 16.6. The van der Waals surface area contributed by atoms with Gasteiger partial charge in [0.2, 0.25) is 5.88 Å². The van der Waals surface area contributed by atoms with Gasteiger partial charge >= 0.3 is 6.09 Å². The zero-order chi connectivity index (χ0) is 26.3. The molecule has 0 unspecified atom stereocenters. The summed E-state index contributed by atoms with van der Waals surface area (Å²) in [5.41, 5.74) is 8.60. The van der Waals surface area contributed by atoms with Crippen LogP contribution in [0.3, 0.4) is 0 Å². The molecule has 1 aliphatic heterocycles. The number of carbonyl (C=O) groups excluding carboxylic acids is 1. The maximum atomic E-state index is 12.4. The lowest BCUT2D eigenvalue weighted by Gasteiger charge is -2.34. The third-order valence-corrected chi connectivity index (χ3v) is 5.87. The first kappa shape index (κ1) is 28.1. The molecule has 196 valence electrons. The van der Waals surface area contributed by atoms with Crippen molar-refractivity contribution in [3.63, 3.8) is 0 Å². The van der Waals surface area contributed by atoms with Crippen molar-refractivity contribution in [3.05, 3.63) is 35.6 Å². The summed E-state index contributed by atoms with van der Waals surface area (Å²) in [6, 6.07) is 0. The molecule has 2 rings (SSSR count). The monoisotopic (exact) mass is 489 g/mol. The molecule has 10 heteroatoms. The van der Waals surface area contributed by atoms with Gasteiger partial charge in [-0.2, -0.15) is 5.10 Å². The molecule has 2 heterocycles. The van der Waals surface area contributed by atoms with Gasteiger partial charge in [-0.1, -0.05) is 13.5 Å². The fourth-order valence-corrected chi connectivity index (χ4v) is 3.74. The second-order valence-corrected chi connectivity index (χ2v) is 9.77. The molecule has 10 nitrogen and oxygen atoms in total. The summed E-state index contributed by atoms with van der Waals surface area (Å²) in [6.45, 7) is 18.3.